The summed E-state index contributed by atoms with van der Waals surface area (Å²) in [6, 6.07) is 2.67. The van der Waals surface area contributed by atoms with Gasteiger partial charge < -0.3 is 9.64 Å². The second-order valence-electron chi connectivity index (χ2n) is 4.76. The molecule has 0 aromatic carbocycles. The van der Waals surface area contributed by atoms with Gasteiger partial charge in [-0.1, -0.05) is 0 Å². The summed E-state index contributed by atoms with van der Waals surface area (Å²) in [5, 5.41) is 0. The number of nitrogens with zero attached hydrogens (tertiary/aromatic N) is 2. The van der Waals surface area contributed by atoms with Crippen molar-refractivity contribution in [3.8, 4) is 0 Å². The second-order valence-corrected chi connectivity index (χ2v) is 4.76. The van der Waals surface area contributed by atoms with Gasteiger partial charge in [0.1, 0.15) is 11.5 Å². The minimum atomic E-state index is -0.431. The van der Waals surface area contributed by atoms with Gasteiger partial charge >= 0.3 is 0 Å². The lowest BCUT2D eigenvalue weighted by Crippen LogP contribution is -2.27. The Hall–Kier alpha value is -1.33. The Morgan fingerprint density at radius 1 is 1.42 bits per heavy atom. The van der Waals surface area contributed by atoms with E-state index in [1.807, 2.05) is 25.8 Å². The molecule has 4 nitrogen and oxygen atoms in total. The molecule has 0 aliphatic heterocycles. The highest BCUT2D eigenvalue weighted by Gasteiger charge is 2.09. The molecular formula is C14H21FN2O2. The van der Waals surface area contributed by atoms with Crippen LogP contribution in [0.25, 0.3) is 0 Å². The number of hydrogen-bond donors (Lipinski definition) is 0. The number of hydrogen-bond acceptors (Lipinski definition) is 4. The van der Waals surface area contributed by atoms with Gasteiger partial charge in [0.25, 0.3) is 0 Å². The minimum Gasteiger partial charge on any atom is -0.377 e. The zero-order valence-corrected chi connectivity index (χ0v) is 11.7. The molecule has 0 atom stereocenters. The first-order valence-electron chi connectivity index (χ1n) is 6.44. The third kappa shape index (κ3) is 6.40. The van der Waals surface area contributed by atoms with Gasteiger partial charge in [0.05, 0.1) is 18.9 Å². The van der Waals surface area contributed by atoms with Crippen LogP contribution in [0, 0.1) is 5.82 Å². The van der Waals surface area contributed by atoms with Crippen LogP contribution in [0.15, 0.2) is 18.3 Å². The number of carbonyl (C=O) groups excluding carboxylic acids is 1. The molecule has 1 heterocycles. The topological polar surface area (TPSA) is 42.4 Å². The summed E-state index contributed by atoms with van der Waals surface area (Å²) < 4.78 is 18.1. The Kier molecular flexibility index (Phi) is 6.59. The van der Waals surface area contributed by atoms with E-state index in [0.717, 1.165) is 12.7 Å². The van der Waals surface area contributed by atoms with Crippen LogP contribution in [0.4, 0.5) is 4.39 Å². The molecule has 1 aromatic rings. The predicted octanol–water partition coefficient (Wildman–Crippen LogP) is 2.15. The Morgan fingerprint density at radius 3 is 2.74 bits per heavy atom. The van der Waals surface area contributed by atoms with Crippen molar-refractivity contribution < 1.29 is 13.9 Å². The third-order valence-corrected chi connectivity index (χ3v) is 2.66. The van der Waals surface area contributed by atoms with E-state index < -0.39 is 5.82 Å². The van der Waals surface area contributed by atoms with Gasteiger partial charge in [-0.2, -0.15) is 0 Å². The first-order chi connectivity index (χ1) is 8.99. The molecule has 106 valence electrons. The van der Waals surface area contributed by atoms with Gasteiger partial charge in [-0.15, -0.1) is 0 Å². The summed E-state index contributed by atoms with van der Waals surface area (Å²) in [7, 11) is 1.94. The largest absolute Gasteiger partial charge is 0.377 e. The predicted molar refractivity (Wildman–Crippen MR) is 71.7 cm³/mol. The molecule has 0 amide bonds. The number of rotatable bonds is 8. The van der Waals surface area contributed by atoms with Gasteiger partial charge in [0.2, 0.25) is 0 Å². The monoisotopic (exact) mass is 268 g/mol. The fraction of sp³-hybridized carbons (Fsp3) is 0.571. The van der Waals surface area contributed by atoms with Crippen LogP contribution in [-0.2, 0) is 4.74 Å². The van der Waals surface area contributed by atoms with Gasteiger partial charge in [0, 0.05) is 19.5 Å². The summed E-state index contributed by atoms with van der Waals surface area (Å²) in [6.45, 7) is 6.05. The summed E-state index contributed by atoms with van der Waals surface area (Å²) in [5.41, 5.74) is 0.313. The van der Waals surface area contributed by atoms with Crippen molar-refractivity contribution in [1.29, 1.82) is 0 Å². The first-order valence-corrected chi connectivity index (χ1v) is 6.44. The van der Waals surface area contributed by atoms with E-state index >= 15 is 0 Å². The number of halogens is 1. The Morgan fingerprint density at radius 2 is 2.16 bits per heavy atom. The molecule has 19 heavy (non-hydrogen) atoms. The standard InChI is InChI=1S/C14H21FN2O2/c1-11(2)19-9-8-17(3)7-6-14(18)13-5-4-12(15)10-16-13/h4-5,10-11H,6-9H2,1-3H3. The number of ketones is 1. The number of pyridine rings is 1. The molecule has 5 heteroatoms. The van der Waals surface area contributed by atoms with Gasteiger partial charge in [-0.05, 0) is 33.0 Å². The summed E-state index contributed by atoms with van der Waals surface area (Å²) >= 11 is 0. The Labute approximate surface area is 113 Å². The molecule has 0 unspecified atom stereocenters. The molecule has 0 aliphatic rings. The number of aromatic nitrogens is 1. The quantitative estimate of drug-likeness (QED) is 0.678. The minimum absolute atomic E-state index is 0.0726. The Balaban J connectivity index is 2.27. The lowest BCUT2D eigenvalue weighted by atomic mass is 10.2. The van der Waals surface area contributed by atoms with Crippen molar-refractivity contribution >= 4 is 5.78 Å². The number of likely N-dealkylation sites (N-methyl/N-ethyl adjacent to an activating group) is 1. The maximum absolute atomic E-state index is 12.7. The molecule has 0 radical (unpaired) electrons. The molecule has 0 bridgehead atoms. The van der Waals surface area contributed by atoms with Crippen molar-refractivity contribution in [3.05, 3.63) is 29.8 Å². The van der Waals surface area contributed by atoms with Crippen molar-refractivity contribution in [1.82, 2.24) is 9.88 Å². The zero-order valence-electron chi connectivity index (χ0n) is 11.7. The molecule has 0 saturated heterocycles. The van der Waals surface area contributed by atoms with E-state index in [2.05, 4.69) is 4.98 Å². The highest BCUT2D eigenvalue weighted by atomic mass is 19.1. The highest BCUT2D eigenvalue weighted by molar-refractivity contribution is 5.94. The molecule has 1 aromatic heterocycles. The van der Waals surface area contributed by atoms with Crippen LogP contribution in [0.3, 0.4) is 0 Å². The molecule has 0 N–H and O–H groups in total. The van der Waals surface area contributed by atoms with Crippen molar-refractivity contribution in [3.63, 3.8) is 0 Å². The average molecular weight is 268 g/mol. The van der Waals surface area contributed by atoms with E-state index in [-0.39, 0.29) is 11.9 Å². The SMILES string of the molecule is CC(C)OCCN(C)CCC(=O)c1ccc(F)cn1. The molecule has 0 spiro atoms. The molecule has 0 fully saturated rings. The van der Waals surface area contributed by atoms with E-state index in [0.29, 0.717) is 25.3 Å². The lowest BCUT2D eigenvalue weighted by molar-refractivity contribution is 0.0628. The van der Waals surface area contributed by atoms with E-state index in [1.54, 1.807) is 0 Å². The van der Waals surface area contributed by atoms with Crippen LogP contribution in [0.5, 0.6) is 0 Å². The number of ether oxygens (including phenoxy) is 1. The number of Topliss-reactive ketones (excluding diaryl/α,β-unsaturated/α-hetero) is 1. The molecule has 0 saturated carbocycles. The fourth-order valence-corrected chi connectivity index (χ4v) is 1.52. The Bertz CT molecular complexity index is 393. The smallest absolute Gasteiger partial charge is 0.182 e. The van der Waals surface area contributed by atoms with E-state index in [9.17, 15) is 9.18 Å². The maximum atomic E-state index is 12.7. The average Bonchev–Trinajstić information content (AvgIpc) is 2.36. The van der Waals surface area contributed by atoms with Crippen LogP contribution in [-0.4, -0.2) is 48.5 Å². The maximum Gasteiger partial charge on any atom is 0.182 e. The van der Waals surface area contributed by atoms with Crippen LogP contribution in [0.2, 0.25) is 0 Å². The van der Waals surface area contributed by atoms with Crippen molar-refractivity contribution in [2.75, 3.05) is 26.7 Å². The summed E-state index contributed by atoms with van der Waals surface area (Å²) in [6.07, 6.45) is 1.66. The van der Waals surface area contributed by atoms with Gasteiger partial charge in [-0.25, -0.2) is 4.39 Å². The number of carbonyl (C=O) groups is 1. The zero-order chi connectivity index (χ0) is 14.3. The van der Waals surface area contributed by atoms with Gasteiger partial charge in [0.15, 0.2) is 5.78 Å². The van der Waals surface area contributed by atoms with E-state index in [1.165, 1.54) is 12.1 Å². The second kappa shape index (κ2) is 7.96. The van der Waals surface area contributed by atoms with Crippen LogP contribution >= 0.6 is 0 Å². The first kappa shape index (κ1) is 15.7. The molecule has 0 aliphatic carbocycles. The van der Waals surface area contributed by atoms with Gasteiger partial charge in [-0.3, -0.25) is 9.78 Å². The summed E-state index contributed by atoms with van der Waals surface area (Å²) in [5.74, 6) is -0.504. The summed E-state index contributed by atoms with van der Waals surface area (Å²) in [4.78, 5) is 17.6. The highest BCUT2D eigenvalue weighted by Crippen LogP contribution is 2.02. The van der Waals surface area contributed by atoms with Crippen LogP contribution in [0.1, 0.15) is 30.8 Å². The fourth-order valence-electron chi connectivity index (χ4n) is 1.52. The van der Waals surface area contributed by atoms with Crippen molar-refractivity contribution in [2.24, 2.45) is 0 Å². The van der Waals surface area contributed by atoms with Crippen molar-refractivity contribution in [2.45, 2.75) is 26.4 Å². The van der Waals surface area contributed by atoms with E-state index in [4.69, 9.17) is 4.74 Å². The normalized spacial score (nSPS) is 11.3. The molecular weight excluding hydrogens is 247 g/mol. The molecule has 1 rings (SSSR count). The lowest BCUT2D eigenvalue weighted by Gasteiger charge is -2.17. The third-order valence-electron chi connectivity index (χ3n) is 2.66. The van der Waals surface area contributed by atoms with Crippen LogP contribution < -0.4 is 0 Å².